The van der Waals surface area contributed by atoms with Gasteiger partial charge in [0.2, 0.25) is 5.91 Å². The number of hydrogen-bond donors (Lipinski definition) is 2. The first-order valence-electron chi connectivity index (χ1n) is 11.6. The lowest BCUT2D eigenvalue weighted by Crippen LogP contribution is -2.41. The number of carbonyl (C=O) groups is 2. The minimum absolute atomic E-state index is 0.0405. The third kappa shape index (κ3) is 6.12. The van der Waals surface area contributed by atoms with E-state index in [1.165, 1.54) is 31.0 Å². The van der Waals surface area contributed by atoms with E-state index in [0.717, 1.165) is 12.2 Å². The van der Waals surface area contributed by atoms with Crippen molar-refractivity contribution in [1.82, 2.24) is 25.4 Å². The van der Waals surface area contributed by atoms with Gasteiger partial charge in [0.05, 0.1) is 11.8 Å². The summed E-state index contributed by atoms with van der Waals surface area (Å²) < 4.78 is 2.00. The molecule has 3 rings (SSSR count). The summed E-state index contributed by atoms with van der Waals surface area (Å²) in [6.45, 7) is 9.01. The van der Waals surface area contributed by atoms with E-state index in [1.54, 1.807) is 12.1 Å². The van der Waals surface area contributed by atoms with Gasteiger partial charge in [-0.1, -0.05) is 63.6 Å². The van der Waals surface area contributed by atoms with E-state index in [4.69, 9.17) is 0 Å². The van der Waals surface area contributed by atoms with Gasteiger partial charge >= 0.3 is 0 Å². The molecule has 1 heterocycles. The Kier molecular flexibility index (Phi) is 8.73. The van der Waals surface area contributed by atoms with Gasteiger partial charge in [-0.3, -0.25) is 9.59 Å². The summed E-state index contributed by atoms with van der Waals surface area (Å²) in [5.41, 5.74) is 0.615. The highest BCUT2D eigenvalue weighted by atomic mass is 32.2. The van der Waals surface area contributed by atoms with Crippen LogP contribution in [-0.2, 0) is 11.3 Å². The van der Waals surface area contributed by atoms with Crippen LogP contribution < -0.4 is 10.6 Å². The van der Waals surface area contributed by atoms with E-state index in [9.17, 15) is 9.59 Å². The number of nitrogens with zero attached hydrogens (tertiary/aromatic N) is 3. The zero-order valence-corrected chi connectivity index (χ0v) is 20.3. The lowest BCUT2D eigenvalue weighted by molar-refractivity contribution is -0.119. The fourth-order valence-corrected chi connectivity index (χ4v) is 5.01. The molecule has 1 aromatic heterocycles. The third-order valence-electron chi connectivity index (χ3n) is 6.12. The molecule has 0 saturated heterocycles. The minimum atomic E-state index is -0.276. The first-order chi connectivity index (χ1) is 15.4. The maximum atomic E-state index is 12.7. The zero-order chi connectivity index (χ0) is 23.1. The summed E-state index contributed by atoms with van der Waals surface area (Å²) >= 11 is 1.40. The molecular formula is C24H35N5O2S. The largest absolute Gasteiger partial charge is 0.352 e. The van der Waals surface area contributed by atoms with Crippen molar-refractivity contribution >= 4 is 23.6 Å². The van der Waals surface area contributed by atoms with Crippen molar-refractivity contribution in [3.8, 4) is 0 Å². The van der Waals surface area contributed by atoms with Crippen LogP contribution in [0.4, 0.5) is 0 Å². The van der Waals surface area contributed by atoms with Crippen LogP contribution >= 0.6 is 11.8 Å². The van der Waals surface area contributed by atoms with Crippen LogP contribution in [-0.4, -0.2) is 38.4 Å². The Balaban J connectivity index is 1.66. The lowest BCUT2D eigenvalue weighted by Gasteiger charge is -2.29. The molecule has 2 aromatic rings. The second-order valence-electron chi connectivity index (χ2n) is 8.87. The summed E-state index contributed by atoms with van der Waals surface area (Å²) in [6, 6.07) is 9.17. The number of carbonyl (C=O) groups excluding carboxylic acids is 2. The third-order valence-corrected chi connectivity index (χ3v) is 7.09. The number of amides is 2. The van der Waals surface area contributed by atoms with Crippen LogP contribution in [0.15, 0.2) is 35.5 Å². The molecule has 1 aromatic carbocycles. The lowest BCUT2D eigenvalue weighted by atomic mass is 9.86. The number of hydrogen-bond acceptors (Lipinski definition) is 5. The van der Waals surface area contributed by atoms with Crippen molar-refractivity contribution in [2.75, 3.05) is 5.75 Å². The number of aromatic nitrogens is 3. The minimum Gasteiger partial charge on any atom is -0.352 e. The topological polar surface area (TPSA) is 88.9 Å². The molecule has 1 aliphatic rings. The van der Waals surface area contributed by atoms with E-state index in [2.05, 4.69) is 41.6 Å². The molecule has 2 amide bonds. The summed E-state index contributed by atoms with van der Waals surface area (Å²) in [5, 5.41) is 15.8. The molecule has 0 spiro atoms. The predicted molar refractivity (Wildman–Crippen MR) is 127 cm³/mol. The summed E-state index contributed by atoms with van der Waals surface area (Å²) in [4.78, 5) is 25.3. The Morgan fingerprint density at radius 2 is 1.88 bits per heavy atom. The van der Waals surface area contributed by atoms with Crippen LogP contribution in [0.1, 0.15) is 75.6 Å². The van der Waals surface area contributed by atoms with E-state index in [-0.39, 0.29) is 29.8 Å². The van der Waals surface area contributed by atoms with Crippen molar-refractivity contribution in [1.29, 1.82) is 0 Å². The molecule has 174 valence electrons. The second kappa shape index (κ2) is 11.5. The average Bonchev–Trinajstić information content (AvgIpc) is 3.20. The summed E-state index contributed by atoms with van der Waals surface area (Å²) in [6.07, 6.45) is 4.67. The van der Waals surface area contributed by atoms with Gasteiger partial charge in [-0.25, -0.2) is 0 Å². The van der Waals surface area contributed by atoms with Crippen LogP contribution in [0.2, 0.25) is 0 Å². The summed E-state index contributed by atoms with van der Waals surface area (Å²) in [5.74, 6) is 1.60. The zero-order valence-electron chi connectivity index (χ0n) is 19.5. The highest BCUT2D eigenvalue weighted by molar-refractivity contribution is 7.99. The fraction of sp³-hybridized carbons (Fsp3) is 0.583. The smallest absolute Gasteiger partial charge is 0.251 e. The van der Waals surface area contributed by atoms with Crippen LogP contribution in [0.25, 0.3) is 0 Å². The van der Waals surface area contributed by atoms with E-state index >= 15 is 0 Å². The predicted octanol–water partition coefficient (Wildman–Crippen LogP) is 4.21. The van der Waals surface area contributed by atoms with Crippen molar-refractivity contribution in [3.05, 3.63) is 41.7 Å². The molecule has 8 heteroatoms. The van der Waals surface area contributed by atoms with Gasteiger partial charge in [-0.15, -0.1) is 10.2 Å². The molecule has 0 radical (unpaired) electrons. The van der Waals surface area contributed by atoms with Crippen LogP contribution in [0.3, 0.4) is 0 Å². The standard InChI is InChI=1S/C24H35N5O2S/c1-5-29-22(21(16(2)3)26-23(31)18-12-7-6-8-13-18)27-28-24(29)32-15-20(30)25-19-14-10-9-11-17(19)4/h6-8,12-13,16-17,19,21H,5,9-11,14-15H2,1-4H3,(H,25,30)(H,26,31)/t17-,19-,21-/m0/s1. The van der Waals surface area contributed by atoms with E-state index in [0.29, 0.717) is 28.9 Å². The van der Waals surface area contributed by atoms with Gasteiger partial charge in [-0.05, 0) is 43.7 Å². The quantitative estimate of drug-likeness (QED) is 0.551. The Labute approximate surface area is 195 Å². The molecule has 2 N–H and O–H groups in total. The van der Waals surface area contributed by atoms with E-state index in [1.807, 2.05) is 29.7 Å². The highest BCUT2D eigenvalue weighted by Crippen LogP contribution is 2.26. The fourth-order valence-electron chi connectivity index (χ4n) is 4.19. The van der Waals surface area contributed by atoms with E-state index < -0.39 is 0 Å². The van der Waals surface area contributed by atoms with Gasteiger partial charge < -0.3 is 15.2 Å². The normalized spacial score (nSPS) is 19.5. The highest BCUT2D eigenvalue weighted by Gasteiger charge is 2.27. The van der Waals surface area contributed by atoms with Crippen LogP contribution in [0.5, 0.6) is 0 Å². The van der Waals surface area contributed by atoms with Gasteiger partial charge in [0.15, 0.2) is 11.0 Å². The van der Waals surface area contributed by atoms with Gasteiger partial charge in [0.25, 0.3) is 5.91 Å². The van der Waals surface area contributed by atoms with Crippen LogP contribution in [0, 0.1) is 11.8 Å². The molecule has 1 aliphatic carbocycles. The van der Waals surface area contributed by atoms with Crippen molar-refractivity contribution < 1.29 is 9.59 Å². The van der Waals surface area contributed by atoms with Gasteiger partial charge in [-0.2, -0.15) is 0 Å². The molecule has 1 saturated carbocycles. The molecular weight excluding hydrogens is 422 g/mol. The van der Waals surface area contributed by atoms with Crippen molar-refractivity contribution in [2.24, 2.45) is 11.8 Å². The Bertz CT molecular complexity index is 899. The summed E-state index contributed by atoms with van der Waals surface area (Å²) in [7, 11) is 0. The van der Waals surface area contributed by atoms with Gasteiger partial charge in [0.1, 0.15) is 0 Å². The maximum Gasteiger partial charge on any atom is 0.251 e. The SMILES string of the molecule is CCn1c(SCC(=O)N[C@H]2CCCC[C@@H]2C)nnc1[C@@H](NC(=O)c1ccccc1)C(C)C. The number of thioether (sulfide) groups is 1. The van der Waals surface area contributed by atoms with Crippen molar-refractivity contribution in [3.63, 3.8) is 0 Å². The molecule has 1 fully saturated rings. The Morgan fingerprint density at radius 1 is 1.16 bits per heavy atom. The molecule has 0 unspecified atom stereocenters. The molecule has 7 nitrogen and oxygen atoms in total. The first-order valence-corrected chi connectivity index (χ1v) is 12.6. The molecule has 3 atom stereocenters. The van der Waals surface area contributed by atoms with Gasteiger partial charge in [0, 0.05) is 18.2 Å². The second-order valence-corrected chi connectivity index (χ2v) is 9.81. The Morgan fingerprint density at radius 3 is 2.53 bits per heavy atom. The van der Waals surface area contributed by atoms with Crippen molar-refractivity contribution in [2.45, 2.75) is 77.2 Å². The molecule has 32 heavy (non-hydrogen) atoms. The number of nitrogens with one attached hydrogen (secondary N) is 2. The first kappa shape index (κ1) is 24.3. The Hall–Kier alpha value is -2.35. The monoisotopic (exact) mass is 457 g/mol. The average molecular weight is 458 g/mol. The number of rotatable bonds is 9. The molecule has 0 aliphatic heterocycles. The maximum absolute atomic E-state index is 12.7. The number of benzene rings is 1. The molecule has 0 bridgehead atoms.